The van der Waals surface area contributed by atoms with Gasteiger partial charge in [-0.3, -0.25) is 9.42 Å². The highest BCUT2D eigenvalue weighted by molar-refractivity contribution is 7.47. The second kappa shape index (κ2) is 5.53. The first-order valence-corrected chi connectivity index (χ1v) is 7.17. The summed E-state index contributed by atoms with van der Waals surface area (Å²) in [6, 6.07) is 8.45. The number of para-hydroxylation sites is 1. The molecule has 18 heavy (non-hydrogen) atoms. The maximum Gasteiger partial charge on any atom is 0.528 e. The van der Waals surface area contributed by atoms with Gasteiger partial charge in [0.05, 0.1) is 6.10 Å². The first kappa shape index (κ1) is 13.1. The fraction of sp³-hybridized carbons (Fsp3) is 0.231. The summed E-state index contributed by atoms with van der Waals surface area (Å²) >= 11 is 0. The zero-order valence-corrected chi connectivity index (χ0v) is 10.9. The average Bonchev–Trinajstić information content (AvgIpc) is 2.32. The highest BCUT2D eigenvalue weighted by Gasteiger charge is 2.29. The van der Waals surface area contributed by atoms with Gasteiger partial charge >= 0.3 is 7.82 Å². The van der Waals surface area contributed by atoms with E-state index >= 15 is 0 Å². The van der Waals surface area contributed by atoms with Crippen molar-refractivity contribution in [3.05, 3.63) is 54.6 Å². The van der Waals surface area contributed by atoms with Crippen LogP contribution in [0.2, 0.25) is 0 Å². The quantitative estimate of drug-likeness (QED) is 0.849. The summed E-state index contributed by atoms with van der Waals surface area (Å²) in [4.78, 5) is 9.69. The lowest BCUT2D eigenvalue weighted by Crippen LogP contribution is -2.19. The Labute approximate surface area is 106 Å². The summed E-state index contributed by atoms with van der Waals surface area (Å²) in [7, 11) is -4.11. The number of phosphoric acid groups is 1. The molecule has 1 aromatic carbocycles. The Morgan fingerprint density at radius 1 is 1.17 bits per heavy atom. The number of allylic oxidation sites excluding steroid dienone is 2. The minimum atomic E-state index is -4.11. The first-order chi connectivity index (χ1) is 8.57. The Bertz CT molecular complexity index is 495. The highest BCUT2D eigenvalue weighted by atomic mass is 31.2. The Morgan fingerprint density at radius 2 is 1.83 bits per heavy atom. The molecule has 1 N–H and O–H groups in total. The number of hydrogen-bond donors (Lipinski definition) is 1. The number of rotatable bonds is 4. The first-order valence-electron chi connectivity index (χ1n) is 5.68. The van der Waals surface area contributed by atoms with E-state index in [-0.39, 0.29) is 5.92 Å². The van der Waals surface area contributed by atoms with E-state index in [1.807, 2.05) is 19.1 Å². The molecule has 0 radical (unpaired) electrons. The van der Waals surface area contributed by atoms with Crippen molar-refractivity contribution >= 4 is 7.82 Å². The summed E-state index contributed by atoms with van der Waals surface area (Å²) < 4.78 is 22.0. The van der Waals surface area contributed by atoms with Gasteiger partial charge in [-0.1, -0.05) is 49.4 Å². The standard InChI is InChI=1S/C13H15O4P/c1-11-7-5-6-10-13(11)17-18(14,15)16-12-8-3-2-4-9-12/h2-11,13H,1H3,(H,14,15). The normalized spacial score (nSPS) is 25.7. The van der Waals surface area contributed by atoms with Crippen LogP contribution in [0.1, 0.15) is 6.92 Å². The number of benzene rings is 1. The van der Waals surface area contributed by atoms with E-state index in [2.05, 4.69) is 0 Å². The van der Waals surface area contributed by atoms with Crippen LogP contribution in [0.5, 0.6) is 5.75 Å². The molecule has 3 atom stereocenters. The monoisotopic (exact) mass is 266 g/mol. The predicted octanol–water partition coefficient (Wildman–Crippen LogP) is 3.31. The molecule has 4 nitrogen and oxygen atoms in total. The third kappa shape index (κ3) is 3.57. The van der Waals surface area contributed by atoms with Gasteiger partial charge in [-0.2, -0.15) is 0 Å². The van der Waals surface area contributed by atoms with E-state index in [0.717, 1.165) is 0 Å². The van der Waals surface area contributed by atoms with Crippen LogP contribution in [-0.4, -0.2) is 11.0 Å². The van der Waals surface area contributed by atoms with Gasteiger partial charge in [0.25, 0.3) is 0 Å². The third-order valence-corrected chi connectivity index (χ3v) is 3.52. The molecule has 0 saturated heterocycles. The second-order valence-electron chi connectivity index (χ2n) is 4.07. The Hall–Kier alpha value is -1.35. The minimum absolute atomic E-state index is 0.0369. The Balaban J connectivity index is 2.01. The average molecular weight is 266 g/mol. The topological polar surface area (TPSA) is 55.8 Å². The summed E-state index contributed by atoms with van der Waals surface area (Å²) in [5.41, 5.74) is 0. The third-order valence-electron chi connectivity index (χ3n) is 2.56. The van der Waals surface area contributed by atoms with Crippen LogP contribution in [-0.2, 0) is 9.09 Å². The van der Waals surface area contributed by atoms with E-state index < -0.39 is 13.9 Å². The number of hydrogen-bond acceptors (Lipinski definition) is 3. The van der Waals surface area contributed by atoms with Crippen LogP contribution in [0.25, 0.3) is 0 Å². The largest absolute Gasteiger partial charge is 0.528 e. The number of phosphoric ester groups is 1. The van der Waals surface area contributed by atoms with Crippen molar-refractivity contribution in [2.24, 2.45) is 5.92 Å². The van der Waals surface area contributed by atoms with Crippen molar-refractivity contribution in [3.8, 4) is 5.75 Å². The van der Waals surface area contributed by atoms with Crippen molar-refractivity contribution in [2.45, 2.75) is 13.0 Å². The van der Waals surface area contributed by atoms with Crippen LogP contribution in [0, 0.1) is 5.92 Å². The summed E-state index contributed by atoms with van der Waals surface area (Å²) in [5, 5.41) is 0. The van der Waals surface area contributed by atoms with E-state index in [1.54, 1.807) is 42.5 Å². The smallest absolute Gasteiger partial charge is 0.404 e. The van der Waals surface area contributed by atoms with E-state index in [4.69, 9.17) is 9.05 Å². The lowest BCUT2D eigenvalue weighted by molar-refractivity contribution is 0.143. The summed E-state index contributed by atoms with van der Waals surface area (Å²) in [6.07, 6.45) is 6.86. The molecule has 0 bridgehead atoms. The molecule has 1 aliphatic carbocycles. The van der Waals surface area contributed by atoms with Crippen molar-refractivity contribution in [3.63, 3.8) is 0 Å². The summed E-state index contributed by atoms with van der Waals surface area (Å²) in [6.45, 7) is 1.91. The maximum absolute atomic E-state index is 11.9. The van der Waals surface area contributed by atoms with Gasteiger partial charge in [0.1, 0.15) is 5.75 Å². The Kier molecular flexibility index (Phi) is 4.02. The van der Waals surface area contributed by atoms with Crippen molar-refractivity contribution in [1.82, 2.24) is 0 Å². The SMILES string of the molecule is CC1C=CC=CC1OP(=O)(O)Oc1ccccc1. The maximum atomic E-state index is 11.9. The highest BCUT2D eigenvalue weighted by Crippen LogP contribution is 2.46. The molecule has 96 valence electrons. The molecular weight excluding hydrogens is 251 g/mol. The van der Waals surface area contributed by atoms with E-state index in [1.165, 1.54) is 0 Å². The zero-order valence-electron chi connectivity index (χ0n) is 9.97. The zero-order chi connectivity index (χ0) is 13.0. The lowest BCUT2D eigenvalue weighted by Gasteiger charge is -2.23. The molecule has 2 rings (SSSR count). The molecule has 3 unspecified atom stereocenters. The van der Waals surface area contributed by atoms with Gasteiger partial charge in [0, 0.05) is 5.92 Å². The van der Waals surface area contributed by atoms with Gasteiger partial charge in [-0.25, -0.2) is 4.57 Å². The molecule has 0 aromatic heterocycles. The van der Waals surface area contributed by atoms with Crippen molar-refractivity contribution in [2.75, 3.05) is 0 Å². The van der Waals surface area contributed by atoms with E-state index in [9.17, 15) is 9.46 Å². The predicted molar refractivity (Wildman–Crippen MR) is 69.2 cm³/mol. The van der Waals surface area contributed by atoms with Crippen LogP contribution in [0.15, 0.2) is 54.6 Å². The fourth-order valence-electron chi connectivity index (χ4n) is 1.62. The molecule has 0 saturated carbocycles. The molecule has 0 fully saturated rings. The van der Waals surface area contributed by atoms with Crippen LogP contribution < -0.4 is 4.52 Å². The van der Waals surface area contributed by atoms with Crippen LogP contribution in [0.3, 0.4) is 0 Å². The molecule has 0 aliphatic heterocycles. The molecule has 0 heterocycles. The van der Waals surface area contributed by atoms with Crippen molar-refractivity contribution < 1.29 is 18.5 Å². The van der Waals surface area contributed by atoms with Gasteiger partial charge in [-0.05, 0) is 12.1 Å². The van der Waals surface area contributed by atoms with Crippen LogP contribution in [0.4, 0.5) is 0 Å². The van der Waals surface area contributed by atoms with E-state index in [0.29, 0.717) is 5.75 Å². The van der Waals surface area contributed by atoms with Gasteiger partial charge in [-0.15, -0.1) is 0 Å². The minimum Gasteiger partial charge on any atom is -0.404 e. The van der Waals surface area contributed by atoms with Gasteiger partial charge < -0.3 is 4.52 Å². The molecule has 1 aromatic rings. The van der Waals surface area contributed by atoms with Gasteiger partial charge in [0.2, 0.25) is 0 Å². The van der Waals surface area contributed by atoms with Crippen molar-refractivity contribution in [1.29, 1.82) is 0 Å². The van der Waals surface area contributed by atoms with Gasteiger partial charge in [0.15, 0.2) is 0 Å². The molecular formula is C13H15O4P. The fourth-order valence-corrected chi connectivity index (χ4v) is 2.62. The van der Waals surface area contributed by atoms with Crippen LogP contribution >= 0.6 is 7.82 Å². The molecule has 1 aliphatic rings. The molecule has 5 heteroatoms. The lowest BCUT2D eigenvalue weighted by atomic mass is 10.0. The second-order valence-corrected chi connectivity index (χ2v) is 5.40. The molecule has 0 amide bonds. The Morgan fingerprint density at radius 3 is 2.50 bits per heavy atom. The molecule has 0 spiro atoms. The summed E-state index contributed by atoms with van der Waals surface area (Å²) in [5.74, 6) is 0.348.